The number of hydrogen-bond donors (Lipinski definition) is 2. The van der Waals surface area contributed by atoms with Crippen molar-refractivity contribution >= 4 is 5.91 Å². The van der Waals surface area contributed by atoms with Gasteiger partial charge in [0.15, 0.2) is 5.76 Å². The summed E-state index contributed by atoms with van der Waals surface area (Å²) in [7, 11) is 0. The summed E-state index contributed by atoms with van der Waals surface area (Å²) in [4.78, 5) is 13.6. The Hall–Kier alpha value is -1.37. The van der Waals surface area contributed by atoms with Crippen LogP contribution in [0.15, 0.2) is 16.7 Å². The molecule has 3 N–H and O–H groups in total. The number of amides is 1. The molecule has 6 heteroatoms. The van der Waals surface area contributed by atoms with Gasteiger partial charge in [-0.05, 0) is 19.5 Å². The zero-order valence-electron chi connectivity index (χ0n) is 10.9. The van der Waals surface area contributed by atoms with Crippen molar-refractivity contribution in [1.82, 2.24) is 10.3 Å². The molecule has 1 amide bonds. The summed E-state index contributed by atoms with van der Waals surface area (Å²) in [5, 5.41) is 0. The molecule has 18 heavy (non-hydrogen) atoms. The number of hydrogen-bond acceptors (Lipinski definition) is 5. The molecule has 102 valence electrons. The van der Waals surface area contributed by atoms with Crippen molar-refractivity contribution < 1.29 is 13.9 Å². The molecule has 0 bridgehead atoms. The summed E-state index contributed by atoms with van der Waals surface area (Å²) < 4.78 is 10.5. The molecule has 0 unspecified atom stereocenters. The quantitative estimate of drug-likeness (QED) is 0.310. The Labute approximate surface area is 107 Å². The first-order valence-corrected chi connectivity index (χ1v) is 6.10. The van der Waals surface area contributed by atoms with Gasteiger partial charge in [-0.1, -0.05) is 6.92 Å². The highest BCUT2D eigenvalue weighted by molar-refractivity contribution is 5.92. The van der Waals surface area contributed by atoms with Crippen molar-refractivity contribution in [2.75, 3.05) is 26.3 Å². The van der Waals surface area contributed by atoms with Gasteiger partial charge in [0.1, 0.15) is 0 Å². The maximum absolute atomic E-state index is 11.5. The second-order valence-electron chi connectivity index (χ2n) is 3.81. The second-order valence-corrected chi connectivity index (χ2v) is 3.81. The van der Waals surface area contributed by atoms with Crippen LogP contribution in [-0.2, 0) is 11.3 Å². The summed E-state index contributed by atoms with van der Waals surface area (Å²) in [6.45, 7) is 7.76. The van der Waals surface area contributed by atoms with Gasteiger partial charge in [0.05, 0.1) is 12.9 Å². The molecule has 0 fully saturated rings. The largest absolute Gasteiger partial charge is 0.459 e. The molecule has 0 aliphatic heterocycles. The third kappa shape index (κ3) is 4.14. The minimum Gasteiger partial charge on any atom is -0.459 e. The van der Waals surface area contributed by atoms with Crippen LogP contribution in [-0.4, -0.2) is 37.1 Å². The Morgan fingerprint density at radius 1 is 1.56 bits per heavy atom. The van der Waals surface area contributed by atoms with Crippen LogP contribution in [0.3, 0.4) is 0 Å². The number of rotatable bonds is 8. The van der Waals surface area contributed by atoms with E-state index in [1.54, 1.807) is 6.07 Å². The fourth-order valence-electron chi connectivity index (χ4n) is 1.65. The van der Waals surface area contributed by atoms with Crippen LogP contribution in [0.5, 0.6) is 0 Å². The molecule has 1 aromatic rings. The van der Waals surface area contributed by atoms with Gasteiger partial charge in [-0.25, -0.2) is 5.84 Å². The maximum atomic E-state index is 11.5. The summed E-state index contributed by atoms with van der Waals surface area (Å²) in [6.07, 6.45) is 1.50. The van der Waals surface area contributed by atoms with Crippen molar-refractivity contribution in [3.05, 3.63) is 23.7 Å². The number of nitrogens with zero attached hydrogens (tertiary/aromatic N) is 1. The number of hydrazine groups is 1. The first-order chi connectivity index (χ1) is 8.72. The predicted molar refractivity (Wildman–Crippen MR) is 67.8 cm³/mol. The Morgan fingerprint density at radius 2 is 2.33 bits per heavy atom. The van der Waals surface area contributed by atoms with Crippen LogP contribution in [0, 0.1) is 0 Å². The molecule has 0 aliphatic carbocycles. The SMILES string of the molecule is CCOCCN(CC)Cc1ccoc1C(=O)NN. The molecule has 1 rings (SSSR count). The molecular weight excluding hydrogens is 234 g/mol. The van der Waals surface area contributed by atoms with E-state index in [9.17, 15) is 4.79 Å². The minimum atomic E-state index is -0.407. The molecule has 1 heterocycles. The third-order valence-electron chi connectivity index (χ3n) is 2.68. The Bertz CT molecular complexity index is 365. The molecule has 0 spiro atoms. The van der Waals surface area contributed by atoms with Crippen LogP contribution in [0.25, 0.3) is 0 Å². The lowest BCUT2D eigenvalue weighted by Crippen LogP contribution is -2.32. The van der Waals surface area contributed by atoms with Crippen molar-refractivity contribution in [2.24, 2.45) is 5.84 Å². The topological polar surface area (TPSA) is 80.7 Å². The molecule has 1 aromatic heterocycles. The van der Waals surface area contributed by atoms with Crippen molar-refractivity contribution in [3.8, 4) is 0 Å². The van der Waals surface area contributed by atoms with E-state index < -0.39 is 5.91 Å². The summed E-state index contributed by atoms with van der Waals surface area (Å²) in [6, 6.07) is 1.79. The zero-order valence-corrected chi connectivity index (χ0v) is 10.9. The summed E-state index contributed by atoms with van der Waals surface area (Å²) in [5.41, 5.74) is 2.91. The molecule has 0 aliphatic rings. The number of nitrogens with two attached hydrogens (primary N) is 1. The molecule has 0 atom stereocenters. The average molecular weight is 255 g/mol. The Balaban J connectivity index is 2.58. The van der Waals surface area contributed by atoms with Crippen LogP contribution >= 0.6 is 0 Å². The van der Waals surface area contributed by atoms with Crippen LogP contribution < -0.4 is 11.3 Å². The number of ether oxygens (including phenoxy) is 1. The highest BCUT2D eigenvalue weighted by atomic mass is 16.5. The fraction of sp³-hybridized carbons (Fsp3) is 0.583. The van der Waals surface area contributed by atoms with Gasteiger partial charge in [0, 0.05) is 25.3 Å². The molecule has 0 aromatic carbocycles. The molecule has 0 saturated carbocycles. The standard InChI is InChI=1S/C12H21N3O3/c1-3-15(6-8-17-4-2)9-10-5-7-18-11(10)12(16)14-13/h5,7H,3-4,6,8-9,13H2,1-2H3,(H,14,16). The van der Waals surface area contributed by atoms with Crippen LogP contribution in [0.4, 0.5) is 0 Å². The minimum absolute atomic E-state index is 0.271. The number of carbonyl (C=O) groups excluding carboxylic acids is 1. The number of carbonyl (C=O) groups is 1. The zero-order chi connectivity index (χ0) is 13.4. The first kappa shape index (κ1) is 14.7. The number of likely N-dealkylation sites (N-methyl/N-ethyl adjacent to an activating group) is 1. The van der Waals surface area contributed by atoms with Crippen LogP contribution in [0.2, 0.25) is 0 Å². The second kappa shape index (κ2) is 7.86. The van der Waals surface area contributed by atoms with Gasteiger partial charge in [-0.3, -0.25) is 15.1 Å². The lowest BCUT2D eigenvalue weighted by molar-refractivity contribution is 0.0920. The smallest absolute Gasteiger partial charge is 0.301 e. The lowest BCUT2D eigenvalue weighted by Gasteiger charge is -2.19. The highest BCUT2D eigenvalue weighted by Gasteiger charge is 2.16. The van der Waals surface area contributed by atoms with Gasteiger partial charge in [0.25, 0.3) is 0 Å². The number of nitrogens with one attached hydrogen (secondary N) is 1. The van der Waals surface area contributed by atoms with Gasteiger partial charge < -0.3 is 9.15 Å². The van der Waals surface area contributed by atoms with E-state index >= 15 is 0 Å². The van der Waals surface area contributed by atoms with E-state index in [1.165, 1.54) is 6.26 Å². The summed E-state index contributed by atoms with van der Waals surface area (Å²) in [5.74, 6) is 4.96. The predicted octanol–water partition coefficient (Wildman–Crippen LogP) is 0.742. The van der Waals surface area contributed by atoms with E-state index in [0.717, 1.165) is 18.7 Å². The van der Waals surface area contributed by atoms with Crippen molar-refractivity contribution in [2.45, 2.75) is 20.4 Å². The van der Waals surface area contributed by atoms with Gasteiger partial charge in [0.2, 0.25) is 0 Å². The fourth-order valence-corrected chi connectivity index (χ4v) is 1.65. The van der Waals surface area contributed by atoms with Gasteiger partial charge >= 0.3 is 5.91 Å². The van der Waals surface area contributed by atoms with E-state index in [2.05, 4.69) is 17.2 Å². The lowest BCUT2D eigenvalue weighted by atomic mass is 10.2. The molecule has 6 nitrogen and oxygen atoms in total. The van der Waals surface area contributed by atoms with Gasteiger partial charge in [-0.15, -0.1) is 0 Å². The molecular formula is C12H21N3O3. The van der Waals surface area contributed by atoms with Gasteiger partial charge in [-0.2, -0.15) is 0 Å². The normalized spacial score (nSPS) is 10.9. The molecule has 0 saturated heterocycles. The monoisotopic (exact) mass is 255 g/mol. The third-order valence-corrected chi connectivity index (χ3v) is 2.68. The average Bonchev–Trinajstić information content (AvgIpc) is 2.85. The van der Waals surface area contributed by atoms with Crippen molar-refractivity contribution in [3.63, 3.8) is 0 Å². The Kier molecular flexibility index (Phi) is 6.42. The van der Waals surface area contributed by atoms with E-state index in [-0.39, 0.29) is 5.76 Å². The van der Waals surface area contributed by atoms with Crippen LogP contribution in [0.1, 0.15) is 30.0 Å². The van der Waals surface area contributed by atoms with Crippen molar-refractivity contribution in [1.29, 1.82) is 0 Å². The maximum Gasteiger partial charge on any atom is 0.301 e. The number of furan rings is 1. The Morgan fingerprint density at radius 3 is 2.94 bits per heavy atom. The highest BCUT2D eigenvalue weighted by Crippen LogP contribution is 2.13. The number of nitrogen functional groups attached to an aromatic ring is 1. The first-order valence-electron chi connectivity index (χ1n) is 6.10. The van der Waals surface area contributed by atoms with E-state index in [0.29, 0.717) is 19.8 Å². The summed E-state index contributed by atoms with van der Waals surface area (Å²) >= 11 is 0. The van der Waals surface area contributed by atoms with E-state index in [1.807, 2.05) is 6.92 Å². The molecule has 0 radical (unpaired) electrons. The van der Waals surface area contributed by atoms with E-state index in [4.69, 9.17) is 15.0 Å².